The number of methoxy groups -OCH3 is 2. The van der Waals surface area contributed by atoms with E-state index in [0.29, 0.717) is 61.4 Å². The second-order valence-corrected chi connectivity index (χ2v) is 24.8. The van der Waals surface area contributed by atoms with Crippen molar-refractivity contribution in [3.05, 3.63) is 59.7 Å². The van der Waals surface area contributed by atoms with Gasteiger partial charge in [0.2, 0.25) is 11.8 Å². The van der Waals surface area contributed by atoms with E-state index >= 15 is 0 Å². The minimum Gasteiger partial charge on any atom is -0.497 e. The van der Waals surface area contributed by atoms with Crippen LogP contribution in [0.15, 0.2) is 48.5 Å². The molecule has 2 aliphatic carbocycles. The van der Waals surface area contributed by atoms with Crippen LogP contribution in [0.5, 0.6) is 11.5 Å². The summed E-state index contributed by atoms with van der Waals surface area (Å²) in [7, 11) is -1.10. The summed E-state index contributed by atoms with van der Waals surface area (Å²) in [5.41, 5.74) is -2.76. The predicted molar refractivity (Wildman–Crippen MR) is 209 cm³/mol. The van der Waals surface area contributed by atoms with Crippen LogP contribution in [0.2, 0.25) is 38.3 Å². The van der Waals surface area contributed by atoms with Gasteiger partial charge in [0, 0.05) is 24.2 Å². The molecule has 2 amide bonds. The van der Waals surface area contributed by atoms with Gasteiger partial charge in [0.25, 0.3) is 0 Å². The topological polar surface area (TPSA) is 160 Å². The van der Waals surface area contributed by atoms with Crippen LogP contribution in [0.4, 0.5) is 0 Å². The maximum absolute atomic E-state index is 13.4. The first-order valence-electron chi connectivity index (χ1n) is 19.1. The van der Waals surface area contributed by atoms with E-state index in [1.54, 1.807) is 62.8 Å². The van der Waals surface area contributed by atoms with E-state index in [4.69, 9.17) is 13.6 Å². The van der Waals surface area contributed by atoms with Crippen molar-refractivity contribution in [2.24, 2.45) is 11.8 Å². The molecule has 13 heteroatoms. The molecule has 2 saturated carbocycles. The lowest BCUT2D eigenvalue weighted by Crippen LogP contribution is -2.54. The molecular formula is C40H60N2O9Si2. The average Bonchev–Trinajstić information content (AvgIpc) is 3.14. The standard InChI is InChI=1S/C40H60N2O9Si2/c1-49-31-19-15-29(16-20-31)35(43)39(47)23-9-7-13-33(39)37(45)41-25-11-27-52(3,4)51-53(5,6)28-12-26-42-38(46)34-14-8-10-24-40(34,48)36(44)30-17-21-32(50-2)22-18-30/h15-22,33-34,47-48H,7-14,23-28H2,1-6H3,(H,41,45)(H,42,46). The predicted octanol–water partition coefficient (Wildman–Crippen LogP) is 6.05. The maximum Gasteiger partial charge on any atom is 0.226 e. The fourth-order valence-corrected chi connectivity index (χ4v) is 16.9. The van der Waals surface area contributed by atoms with Gasteiger partial charge in [0.15, 0.2) is 28.2 Å². The Kier molecular flexibility index (Phi) is 14.6. The van der Waals surface area contributed by atoms with Crippen molar-refractivity contribution < 1.29 is 43.0 Å². The highest BCUT2D eigenvalue weighted by Gasteiger charge is 2.50. The molecule has 53 heavy (non-hydrogen) atoms. The summed E-state index contributed by atoms with van der Waals surface area (Å²) in [6.45, 7) is 9.60. The van der Waals surface area contributed by atoms with Gasteiger partial charge in [-0.25, -0.2) is 0 Å². The number of amides is 2. The first-order chi connectivity index (χ1) is 25.0. The van der Waals surface area contributed by atoms with E-state index in [0.717, 1.165) is 37.8 Å². The number of rotatable bonds is 18. The van der Waals surface area contributed by atoms with Gasteiger partial charge >= 0.3 is 0 Å². The molecule has 2 aromatic carbocycles. The van der Waals surface area contributed by atoms with Crippen molar-refractivity contribution in [1.82, 2.24) is 10.6 Å². The molecule has 4 atom stereocenters. The molecule has 4 rings (SSSR count). The van der Waals surface area contributed by atoms with Crippen molar-refractivity contribution in [1.29, 1.82) is 0 Å². The van der Waals surface area contributed by atoms with Crippen LogP contribution in [0.1, 0.15) is 84.9 Å². The summed E-state index contributed by atoms with van der Waals surface area (Å²) < 4.78 is 17.2. The van der Waals surface area contributed by atoms with Gasteiger partial charge in [-0.15, -0.1) is 0 Å². The van der Waals surface area contributed by atoms with Crippen LogP contribution in [-0.2, 0) is 13.7 Å². The number of carbonyl (C=O) groups excluding carboxylic acids is 4. The number of hydrogen-bond acceptors (Lipinski definition) is 9. The van der Waals surface area contributed by atoms with Crippen LogP contribution in [-0.4, -0.2) is 88.7 Å². The average molecular weight is 769 g/mol. The third kappa shape index (κ3) is 10.9. The molecule has 0 aliphatic heterocycles. The summed E-state index contributed by atoms with van der Waals surface area (Å²) in [6.07, 6.45) is 5.78. The molecule has 292 valence electrons. The summed E-state index contributed by atoms with van der Waals surface area (Å²) in [6, 6.07) is 14.9. The monoisotopic (exact) mass is 768 g/mol. The van der Waals surface area contributed by atoms with Gasteiger partial charge < -0.3 is 34.4 Å². The minimum atomic E-state index is -2.10. The van der Waals surface area contributed by atoms with Crippen LogP contribution in [0.25, 0.3) is 0 Å². The van der Waals surface area contributed by atoms with Crippen molar-refractivity contribution >= 4 is 40.0 Å². The summed E-state index contributed by atoms with van der Waals surface area (Å²) in [5.74, 6) is -1.81. The van der Waals surface area contributed by atoms with Crippen molar-refractivity contribution in [3.63, 3.8) is 0 Å². The number of ether oxygens (including phenoxy) is 2. The lowest BCUT2D eigenvalue weighted by atomic mass is 9.71. The largest absolute Gasteiger partial charge is 0.497 e. The minimum absolute atomic E-state index is 0.250. The quantitative estimate of drug-likeness (QED) is 0.0804. The third-order valence-corrected chi connectivity index (χ3v) is 18.5. The van der Waals surface area contributed by atoms with Gasteiger partial charge in [0.05, 0.1) is 26.1 Å². The van der Waals surface area contributed by atoms with Crippen molar-refractivity contribution in [3.8, 4) is 11.5 Å². The Bertz CT molecular complexity index is 1450. The molecule has 2 aromatic rings. The Hall–Kier alpha value is -3.37. The Morgan fingerprint density at radius 1 is 0.642 bits per heavy atom. The Morgan fingerprint density at radius 3 is 1.34 bits per heavy atom. The van der Waals surface area contributed by atoms with Crippen molar-refractivity contribution in [2.45, 2.75) is 114 Å². The van der Waals surface area contributed by atoms with E-state index in [2.05, 4.69) is 36.8 Å². The second kappa shape index (κ2) is 18.3. The number of Topliss-reactive ketones (excluding diaryl/α,β-unsaturated/α-hetero) is 2. The number of benzene rings is 2. The van der Waals surface area contributed by atoms with Gasteiger partial charge in [-0.3, -0.25) is 19.2 Å². The third-order valence-electron chi connectivity index (χ3n) is 10.9. The Labute approximate surface area is 316 Å². The normalized spacial score (nSPS) is 23.5. The molecular weight excluding hydrogens is 709 g/mol. The highest BCUT2D eigenvalue weighted by molar-refractivity contribution is 6.84. The Morgan fingerprint density at radius 2 is 1.00 bits per heavy atom. The molecule has 0 saturated heterocycles. The molecule has 4 unspecified atom stereocenters. The second-order valence-electron chi connectivity index (χ2n) is 16.0. The number of nitrogens with one attached hydrogen (secondary N) is 2. The number of hydrogen-bond donors (Lipinski definition) is 4. The van der Waals surface area contributed by atoms with Crippen molar-refractivity contribution in [2.75, 3.05) is 27.3 Å². The molecule has 0 aromatic heterocycles. The SMILES string of the molecule is COc1ccc(C(=O)C2(O)CCCCC2C(=O)NCCC[Si](C)(C)O[Si](C)(C)CCCNC(=O)C2CCCCC2(O)C(=O)c2ccc(OC)cc2)cc1. The lowest BCUT2D eigenvalue weighted by molar-refractivity contribution is -0.135. The van der Waals surface area contributed by atoms with E-state index in [-0.39, 0.29) is 24.7 Å². The summed E-state index contributed by atoms with van der Waals surface area (Å²) in [5, 5.41) is 29.1. The molecule has 0 spiro atoms. The molecule has 4 N–H and O–H groups in total. The maximum atomic E-state index is 13.4. The molecule has 2 aliphatic rings. The Balaban J connectivity index is 1.21. The fourth-order valence-electron chi connectivity index (χ4n) is 8.08. The molecule has 0 heterocycles. The number of aliphatic hydroxyl groups is 2. The zero-order chi connectivity index (χ0) is 38.9. The van der Waals surface area contributed by atoms with E-state index in [1.807, 2.05) is 0 Å². The first-order valence-corrected chi connectivity index (χ1v) is 25.4. The van der Waals surface area contributed by atoms with Crippen LogP contribution in [0, 0.1) is 11.8 Å². The molecule has 0 radical (unpaired) electrons. The summed E-state index contributed by atoms with van der Waals surface area (Å²) >= 11 is 0. The van der Waals surface area contributed by atoms with Crippen LogP contribution < -0.4 is 20.1 Å². The molecule has 0 bridgehead atoms. The molecule has 11 nitrogen and oxygen atoms in total. The van der Waals surface area contributed by atoms with E-state index < -0.39 is 51.2 Å². The number of ketones is 2. The van der Waals surface area contributed by atoms with E-state index in [9.17, 15) is 29.4 Å². The lowest BCUT2D eigenvalue weighted by Gasteiger charge is -2.38. The molecule has 2 fully saturated rings. The highest BCUT2D eigenvalue weighted by atomic mass is 28.4. The first kappa shape index (κ1) is 42.4. The van der Waals surface area contributed by atoms with Gasteiger partial charge in [-0.1, -0.05) is 25.7 Å². The van der Waals surface area contributed by atoms with Crippen LogP contribution >= 0.6 is 0 Å². The van der Waals surface area contributed by atoms with Crippen LogP contribution in [0.3, 0.4) is 0 Å². The van der Waals surface area contributed by atoms with Gasteiger partial charge in [0.1, 0.15) is 22.7 Å². The van der Waals surface area contributed by atoms with Gasteiger partial charge in [-0.05, 0) is 125 Å². The zero-order valence-electron chi connectivity index (χ0n) is 32.4. The fraction of sp³-hybridized carbons (Fsp3) is 0.600. The van der Waals surface area contributed by atoms with Gasteiger partial charge in [-0.2, -0.15) is 0 Å². The highest BCUT2D eigenvalue weighted by Crippen LogP contribution is 2.38. The number of carbonyl (C=O) groups is 4. The van der Waals surface area contributed by atoms with E-state index in [1.165, 1.54) is 0 Å². The zero-order valence-corrected chi connectivity index (χ0v) is 34.4. The summed E-state index contributed by atoms with van der Waals surface area (Å²) in [4.78, 5) is 53.5. The smallest absolute Gasteiger partial charge is 0.226 e.